The molecule has 0 aliphatic heterocycles. The molecule has 19 heavy (non-hydrogen) atoms. The molecule has 0 fully saturated rings. The molecular formula is C14H24N2O2S. The molecule has 0 aliphatic rings. The predicted octanol–water partition coefficient (Wildman–Crippen LogP) is 3.17. The van der Waals surface area contributed by atoms with Gasteiger partial charge in [0.25, 0.3) is 0 Å². The first-order valence-corrected chi connectivity index (χ1v) is 7.63. The van der Waals surface area contributed by atoms with E-state index >= 15 is 0 Å². The summed E-state index contributed by atoms with van der Waals surface area (Å²) in [4.78, 5) is 15.7. The van der Waals surface area contributed by atoms with Crippen molar-refractivity contribution in [2.24, 2.45) is 0 Å². The fraction of sp³-hybridized carbons (Fsp3) is 0.714. The van der Waals surface area contributed by atoms with Crippen molar-refractivity contribution < 1.29 is 9.90 Å². The molecule has 1 heterocycles. The second kappa shape index (κ2) is 7.01. The van der Waals surface area contributed by atoms with Gasteiger partial charge in [-0.1, -0.05) is 40.5 Å². The number of unbranched alkanes of at least 4 members (excludes halogenated alkanes) is 1. The van der Waals surface area contributed by atoms with E-state index < -0.39 is 12.0 Å². The number of carboxylic acids is 1. The summed E-state index contributed by atoms with van der Waals surface area (Å²) in [7, 11) is 0. The van der Waals surface area contributed by atoms with Crippen molar-refractivity contribution in [1.29, 1.82) is 0 Å². The molecule has 4 nitrogen and oxygen atoms in total. The Balaban J connectivity index is 2.54. The molecule has 0 saturated heterocycles. The highest BCUT2D eigenvalue weighted by Gasteiger charge is 2.19. The average molecular weight is 284 g/mol. The van der Waals surface area contributed by atoms with Crippen LogP contribution < -0.4 is 5.32 Å². The minimum Gasteiger partial charge on any atom is -0.480 e. The van der Waals surface area contributed by atoms with Crippen molar-refractivity contribution in [3.05, 3.63) is 16.1 Å². The Kier molecular flexibility index (Phi) is 5.94. The van der Waals surface area contributed by atoms with Crippen LogP contribution in [0.2, 0.25) is 0 Å². The van der Waals surface area contributed by atoms with Crippen molar-refractivity contribution in [2.45, 2.75) is 65.0 Å². The van der Waals surface area contributed by atoms with Gasteiger partial charge in [-0.3, -0.25) is 10.1 Å². The van der Waals surface area contributed by atoms with E-state index in [1.807, 2.05) is 5.38 Å². The maximum Gasteiger partial charge on any atom is 0.320 e. The zero-order valence-electron chi connectivity index (χ0n) is 12.2. The van der Waals surface area contributed by atoms with Crippen LogP contribution >= 0.6 is 11.3 Å². The molecule has 0 spiro atoms. The molecular weight excluding hydrogens is 260 g/mol. The fourth-order valence-electron chi connectivity index (χ4n) is 1.68. The fourth-order valence-corrected chi connectivity index (χ4v) is 2.59. The maximum absolute atomic E-state index is 11.1. The number of carbonyl (C=O) groups is 1. The lowest BCUT2D eigenvalue weighted by molar-refractivity contribution is -0.139. The second-order valence-electron chi connectivity index (χ2n) is 5.81. The Hall–Kier alpha value is -0.940. The van der Waals surface area contributed by atoms with Crippen molar-refractivity contribution in [3.63, 3.8) is 0 Å². The van der Waals surface area contributed by atoms with Gasteiger partial charge >= 0.3 is 5.97 Å². The lowest BCUT2D eigenvalue weighted by atomic mass is 9.98. The van der Waals surface area contributed by atoms with Crippen LogP contribution in [-0.4, -0.2) is 22.1 Å². The van der Waals surface area contributed by atoms with Gasteiger partial charge in [0.1, 0.15) is 6.04 Å². The van der Waals surface area contributed by atoms with Crippen LogP contribution in [0, 0.1) is 0 Å². The molecule has 1 aromatic rings. The Bertz CT molecular complexity index is 410. The summed E-state index contributed by atoms with van der Waals surface area (Å²) in [5.41, 5.74) is 0.981. The number of rotatable bonds is 7. The number of thiazole rings is 1. The van der Waals surface area contributed by atoms with Crippen molar-refractivity contribution in [1.82, 2.24) is 10.3 Å². The summed E-state index contributed by atoms with van der Waals surface area (Å²) >= 11 is 1.64. The normalized spacial score (nSPS) is 13.5. The van der Waals surface area contributed by atoms with E-state index in [1.54, 1.807) is 11.3 Å². The minimum atomic E-state index is -0.778. The topological polar surface area (TPSA) is 62.2 Å². The van der Waals surface area contributed by atoms with Gasteiger partial charge in [0.05, 0.1) is 10.7 Å². The standard InChI is InChI=1S/C14H24N2O2S/c1-5-6-7-11(12(17)18)15-8-10-9-19-13(16-10)14(2,3)4/h9,11,15H,5-8H2,1-4H3,(H,17,18). The number of carboxylic acid groups (broad SMARTS) is 1. The molecule has 1 aromatic heterocycles. The van der Waals surface area contributed by atoms with Gasteiger partial charge in [0.15, 0.2) is 0 Å². The van der Waals surface area contributed by atoms with Crippen molar-refractivity contribution >= 4 is 17.3 Å². The largest absolute Gasteiger partial charge is 0.480 e. The van der Waals surface area contributed by atoms with Crippen LogP contribution in [0.5, 0.6) is 0 Å². The predicted molar refractivity (Wildman–Crippen MR) is 78.6 cm³/mol. The van der Waals surface area contributed by atoms with Gasteiger partial charge in [0.2, 0.25) is 0 Å². The van der Waals surface area contributed by atoms with Gasteiger partial charge in [-0.05, 0) is 6.42 Å². The molecule has 2 N–H and O–H groups in total. The number of hydrogen-bond donors (Lipinski definition) is 2. The summed E-state index contributed by atoms with van der Waals surface area (Å²) in [5.74, 6) is -0.778. The van der Waals surface area contributed by atoms with E-state index in [9.17, 15) is 4.79 Å². The van der Waals surface area contributed by atoms with Crippen LogP contribution in [0.15, 0.2) is 5.38 Å². The quantitative estimate of drug-likeness (QED) is 0.807. The Morgan fingerprint density at radius 3 is 2.68 bits per heavy atom. The number of aliphatic carboxylic acids is 1. The monoisotopic (exact) mass is 284 g/mol. The first-order chi connectivity index (χ1) is 8.84. The third-order valence-corrected chi connectivity index (χ3v) is 4.18. The number of hydrogen-bond acceptors (Lipinski definition) is 4. The molecule has 0 radical (unpaired) electrons. The zero-order valence-corrected chi connectivity index (χ0v) is 13.0. The lowest BCUT2D eigenvalue weighted by Gasteiger charge is -2.14. The zero-order chi connectivity index (χ0) is 14.5. The summed E-state index contributed by atoms with van der Waals surface area (Å²) in [6, 6.07) is -0.472. The molecule has 5 heteroatoms. The molecule has 0 aromatic carbocycles. The second-order valence-corrected chi connectivity index (χ2v) is 6.67. The maximum atomic E-state index is 11.1. The molecule has 0 bridgehead atoms. The van der Waals surface area contributed by atoms with Crippen LogP contribution in [0.3, 0.4) is 0 Å². The average Bonchev–Trinajstić information content (AvgIpc) is 2.77. The van der Waals surface area contributed by atoms with Crippen molar-refractivity contribution in [3.8, 4) is 0 Å². The first-order valence-electron chi connectivity index (χ1n) is 6.75. The Labute approximate surface area is 119 Å². The van der Waals surface area contributed by atoms with Crippen LogP contribution in [-0.2, 0) is 16.8 Å². The van der Waals surface area contributed by atoms with Gasteiger partial charge in [0, 0.05) is 17.3 Å². The summed E-state index contributed by atoms with van der Waals surface area (Å²) in [5, 5.41) is 15.3. The van der Waals surface area contributed by atoms with Gasteiger partial charge in [-0.25, -0.2) is 4.98 Å². The van der Waals surface area contributed by atoms with E-state index in [0.717, 1.165) is 23.5 Å². The highest BCUT2D eigenvalue weighted by Crippen LogP contribution is 2.25. The van der Waals surface area contributed by atoms with E-state index in [2.05, 4.69) is 38.0 Å². The smallest absolute Gasteiger partial charge is 0.320 e. The van der Waals surface area contributed by atoms with Crippen LogP contribution in [0.4, 0.5) is 0 Å². The molecule has 1 unspecified atom stereocenters. The molecule has 0 aliphatic carbocycles. The Morgan fingerprint density at radius 2 is 2.21 bits per heavy atom. The molecule has 0 saturated carbocycles. The summed E-state index contributed by atoms with van der Waals surface area (Å²) < 4.78 is 0. The summed E-state index contributed by atoms with van der Waals surface area (Å²) in [6.07, 6.45) is 2.60. The number of nitrogens with zero attached hydrogens (tertiary/aromatic N) is 1. The highest BCUT2D eigenvalue weighted by molar-refractivity contribution is 7.09. The van der Waals surface area contributed by atoms with Crippen LogP contribution in [0.1, 0.15) is 57.7 Å². The van der Waals surface area contributed by atoms with Gasteiger partial charge in [-0.15, -0.1) is 11.3 Å². The molecule has 1 rings (SSSR count). The number of aromatic nitrogens is 1. The van der Waals surface area contributed by atoms with E-state index in [1.165, 1.54) is 0 Å². The van der Waals surface area contributed by atoms with Gasteiger partial charge < -0.3 is 5.11 Å². The summed E-state index contributed by atoms with van der Waals surface area (Å²) in [6.45, 7) is 8.97. The minimum absolute atomic E-state index is 0.0529. The van der Waals surface area contributed by atoms with Crippen LogP contribution in [0.25, 0.3) is 0 Å². The molecule has 1 atom stereocenters. The van der Waals surface area contributed by atoms with E-state index in [-0.39, 0.29) is 5.41 Å². The first kappa shape index (κ1) is 16.1. The SMILES string of the molecule is CCCCC(NCc1csc(C(C)(C)C)n1)C(=O)O. The van der Waals surface area contributed by atoms with E-state index in [0.29, 0.717) is 13.0 Å². The van der Waals surface area contributed by atoms with Crippen molar-refractivity contribution in [2.75, 3.05) is 0 Å². The highest BCUT2D eigenvalue weighted by atomic mass is 32.1. The molecule has 108 valence electrons. The number of nitrogens with one attached hydrogen (secondary N) is 1. The molecule has 0 amide bonds. The lowest BCUT2D eigenvalue weighted by Crippen LogP contribution is -2.36. The Morgan fingerprint density at radius 1 is 1.53 bits per heavy atom. The third-order valence-electron chi connectivity index (χ3n) is 2.87. The third kappa shape index (κ3) is 5.28. The van der Waals surface area contributed by atoms with E-state index in [4.69, 9.17) is 5.11 Å². The van der Waals surface area contributed by atoms with Gasteiger partial charge in [-0.2, -0.15) is 0 Å².